The van der Waals surface area contributed by atoms with Gasteiger partial charge in [-0.25, -0.2) is 4.98 Å². The van der Waals surface area contributed by atoms with Crippen LogP contribution in [0.3, 0.4) is 0 Å². The van der Waals surface area contributed by atoms with Crippen molar-refractivity contribution in [1.82, 2.24) is 9.97 Å². The Morgan fingerprint density at radius 3 is 2.79 bits per heavy atom. The summed E-state index contributed by atoms with van der Waals surface area (Å²) in [5.41, 5.74) is 8.65. The van der Waals surface area contributed by atoms with Gasteiger partial charge in [0.15, 0.2) is 0 Å². The molecule has 0 saturated heterocycles. The number of para-hydroxylation sites is 2. The van der Waals surface area contributed by atoms with Crippen LogP contribution in [0.25, 0.3) is 11.0 Å². The fourth-order valence-corrected chi connectivity index (χ4v) is 3.10. The molecule has 0 saturated carbocycles. The average molecular weight is 290 g/mol. The van der Waals surface area contributed by atoms with E-state index in [2.05, 4.69) is 9.97 Å². The molecule has 0 amide bonds. The monoisotopic (exact) mass is 289 g/mol. The van der Waals surface area contributed by atoms with E-state index >= 15 is 0 Å². The number of rotatable bonds is 3. The highest BCUT2D eigenvalue weighted by Gasteiger charge is 2.07. The van der Waals surface area contributed by atoms with E-state index in [1.54, 1.807) is 11.8 Å². The molecular formula is C14H12ClN3S. The number of halogens is 1. The van der Waals surface area contributed by atoms with E-state index in [4.69, 9.17) is 17.3 Å². The Labute approximate surface area is 120 Å². The molecule has 3 nitrogen and oxygen atoms in total. The molecule has 3 rings (SSSR count). The van der Waals surface area contributed by atoms with Crippen LogP contribution >= 0.6 is 23.4 Å². The molecule has 0 fully saturated rings. The molecule has 5 heteroatoms. The minimum Gasteiger partial charge on any atom is -0.398 e. The van der Waals surface area contributed by atoms with Crippen LogP contribution in [0.2, 0.25) is 5.02 Å². The van der Waals surface area contributed by atoms with Crippen LogP contribution < -0.4 is 5.73 Å². The zero-order valence-electron chi connectivity index (χ0n) is 10.1. The SMILES string of the molecule is Nc1cccc(Cl)c1SCc1nc2ccccc2[nH]1. The number of aromatic nitrogens is 2. The predicted octanol–water partition coefficient (Wildman–Crippen LogP) is 4.09. The van der Waals surface area contributed by atoms with Crippen LogP contribution in [0, 0.1) is 0 Å². The summed E-state index contributed by atoms with van der Waals surface area (Å²) >= 11 is 7.73. The van der Waals surface area contributed by atoms with Gasteiger partial charge in [-0.1, -0.05) is 29.8 Å². The molecule has 0 aliphatic carbocycles. The smallest absolute Gasteiger partial charge is 0.117 e. The molecule has 3 aromatic rings. The summed E-state index contributed by atoms with van der Waals surface area (Å²) in [5, 5.41) is 0.682. The van der Waals surface area contributed by atoms with Crippen molar-refractivity contribution < 1.29 is 0 Å². The van der Waals surface area contributed by atoms with Crippen molar-refractivity contribution in [3.05, 3.63) is 53.3 Å². The molecule has 19 heavy (non-hydrogen) atoms. The van der Waals surface area contributed by atoms with Gasteiger partial charge in [-0.05, 0) is 24.3 Å². The number of nitrogens with two attached hydrogens (primary N) is 1. The summed E-state index contributed by atoms with van der Waals surface area (Å²) < 4.78 is 0. The van der Waals surface area contributed by atoms with Crippen LogP contribution in [-0.2, 0) is 5.75 Å². The van der Waals surface area contributed by atoms with Gasteiger partial charge in [0.1, 0.15) is 5.82 Å². The minimum absolute atomic E-state index is 0.682. The maximum atomic E-state index is 6.14. The lowest BCUT2D eigenvalue weighted by Gasteiger charge is -2.05. The number of nitrogen functional groups attached to an aromatic ring is 1. The second-order valence-corrected chi connectivity index (χ2v) is 5.54. The fraction of sp³-hybridized carbons (Fsp3) is 0.0714. The van der Waals surface area contributed by atoms with E-state index in [0.29, 0.717) is 16.5 Å². The molecule has 0 aliphatic rings. The number of benzene rings is 2. The van der Waals surface area contributed by atoms with Gasteiger partial charge in [-0.2, -0.15) is 0 Å². The van der Waals surface area contributed by atoms with Gasteiger partial charge in [-0.15, -0.1) is 11.8 Å². The second kappa shape index (κ2) is 5.15. The lowest BCUT2D eigenvalue weighted by molar-refractivity contribution is 1.14. The van der Waals surface area contributed by atoms with E-state index in [9.17, 15) is 0 Å². The van der Waals surface area contributed by atoms with Gasteiger partial charge in [-0.3, -0.25) is 0 Å². The van der Waals surface area contributed by atoms with Gasteiger partial charge in [0.25, 0.3) is 0 Å². The molecule has 3 N–H and O–H groups in total. The lowest BCUT2D eigenvalue weighted by Crippen LogP contribution is -1.90. The molecule has 0 aliphatic heterocycles. The van der Waals surface area contributed by atoms with Crippen molar-refractivity contribution in [2.75, 3.05) is 5.73 Å². The third-order valence-corrected chi connectivity index (χ3v) is 4.38. The Morgan fingerprint density at radius 2 is 2.00 bits per heavy atom. The van der Waals surface area contributed by atoms with E-state index in [1.165, 1.54) is 0 Å². The first-order valence-electron chi connectivity index (χ1n) is 5.84. The second-order valence-electron chi connectivity index (χ2n) is 4.15. The van der Waals surface area contributed by atoms with Gasteiger partial charge in [0.05, 0.1) is 21.8 Å². The molecule has 1 aromatic heterocycles. The molecule has 0 spiro atoms. The molecule has 0 bridgehead atoms. The number of hydrogen-bond acceptors (Lipinski definition) is 3. The van der Waals surface area contributed by atoms with Crippen molar-refractivity contribution in [3.8, 4) is 0 Å². The number of fused-ring (bicyclic) bond motifs is 1. The largest absolute Gasteiger partial charge is 0.398 e. The van der Waals surface area contributed by atoms with E-state index < -0.39 is 0 Å². The van der Waals surface area contributed by atoms with Crippen LogP contribution in [0.1, 0.15) is 5.82 Å². The standard InChI is InChI=1S/C14H12ClN3S/c15-9-4-3-5-10(16)14(9)19-8-13-17-11-6-1-2-7-12(11)18-13/h1-7H,8,16H2,(H,17,18). The van der Waals surface area contributed by atoms with E-state index in [-0.39, 0.29) is 0 Å². The van der Waals surface area contributed by atoms with Crippen molar-refractivity contribution in [2.45, 2.75) is 10.6 Å². The van der Waals surface area contributed by atoms with Crippen molar-refractivity contribution in [2.24, 2.45) is 0 Å². The van der Waals surface area contributed by atoms with Crippen molar-refractivity contribution in [3.63, 3.8) is 0 Å². The molecular weight excluding hydrogens is 278 g/mol. The third kappa shape index (κ3) is 2.55. The molecule has 0 radical (unpaired) electrons. The molecule has 0 unspecified atom stereocenters. The summed E-state index contributed by atoms with van der Waals surface area (Å²) in [6, 6.07) is 13.5. The molecule has 1 heterocycles. The maximum absolute atomic E-state index is 6.14. The number of imidazole rings is 1. The van der Waals surface area contributed by atoms with Gasteiger partial charge >= 0.3 is 0 Å². The minimum atomic E-state index is 0.682. The number of nitrogens with zero attached hydrogens (tertiary/aromatic N) is 1. The first-order chi connectivity index (χ1) is 9.24. The van der Waals surface area contributed by atoms with Crippen molar-refractivity contribution >= 4 is 40.1 Å². The maximum Gasteiger partial charge on any atom is 0.117 e. The number of thioether (sulfide) groups is 1. The highest BCUT2D eigenvalue weighted by molar-refractivity contribution is 7.98. The van der Waals surface area contributed by atoms with Crippen LogP contribution in [0.4, 0.5) is 5.69 Å². The number of aromatic amines is 1. The van der Waals surface area contributed by atoms with Crippen LogP contribution in [0.5, 0.6) is 0 Å². The fourth-order valence-electron chi connectivity index (χ4n) is 1.89. The normalized spacial score (nSPS) is 11.0. The van der Waals surface area contributed by atoms with Crippen LogP contribution in [-0.4, -0.2) is 9.97 Å². The number of anilines is 1. The summed E-state index contributed by atoms with van der Waals surface area (Å²) in [4.78, 5) is 8.72. The Balaban J connectivity index is 1.82. The summed E-state index contributed by atoms with van der Waals surface area (Å²) in [6.45, 7) is 0. The molecule has 96 valence electrons. The predicted molar refractivity (Wildman–Crippen MR) is 81.5 cm³/mol. The quantitative estimate of drug-likeness (QED) is 0.564. The highest BCUT2D eigenvalue weighted by atomic mass is 35.5. The Hall–Kier alpha value is -1.65. The Bertz CT molecular complexity index is 670. The number of hydrogen-bond donors (Lipinski definition) is 2. The first-order valence-corrected chi connectivity index (χ1v) is 7.21. The van der Waals surface area contributed by atoms with Crippen molar-refractivity contribution in [1.29, 1.82) is 0 Å². The summed E-state index contributed by atoms with van der Waals surface area (Å²) in [6.07, 6.45) is 0. The summed E-state index contributed by atoms with van der Waals surface area (Å²) in [5.74, 6) is 1.63. The molecule has 2 aromatic carbocycles. The van der Waals surface area contributed by atoms with E-state index in [0.717, 1.165) is 21.8 Å². The first kappa shape index (κ1) is 12.4. The average Bonchev–Trinajstić information content (AvgIpc) is 2.81. The van der Waals surface area contributed by atoms with Gasteiger partial charge in [0.2, 0.25) is 0 Å². The highest BCUT2D eigenvalue weighted by Crippen LogP contribution is 2.34. The Morgan fingerprint density at radius 1 is 1.16 bits per heavy atom. The Kier molecular flexibility index (Phi) is 3.36. The lowest BCUT2D eigenvalue weighted by atomic mass is 10.3. The zero-order chi connectivity index (χ0) is 13.2. The summed E-state index contributed by atoms with van der Waals surface area (Å²) in [7, 11) is 0. The topological polar surface area (TPSA) is 54.7 Å². The number of nitrogens with one attached hydrogen (secondary N) is 1. The van der Waals surface area contributed by atoms with Gasteiger partial charge in [0, 0.05) is 10.6 Å². The van der Waals surface area contributed by atoms with Gasteiger partial charge < -0.3 is 10.7 Å². The number of H-pyrrole nitrogens is 1. The van der Waals surface area contributed by atoms with E-state index in [1.807, 2.05) is 42.5 Å². The zero-order valence-corrected chi connectivity index (χ0v) is 11.6. The van der Waals surface area contributed by atoms with Crippen LogP contribution in [0.15, 0.2) is 47.4 Å². The molecule has 0 atom stereocenters. The third-order valence-electron chi connectivity index (χ3n) is 2.79.